The number of benzene rings is 2. The number of hydrogen-bond acceptors (Lipinski definition) is 5. The predicted molar refractivity (Wildman–Crippen MR) is 110 cm³/mol. The van der Waals surface area contributed by atoms with E-state index in [1.807, 2.05) is 0 Å². The number of nitrogens with zero attached hydrogens (tertiary/aromatic N) is 1. The number of hydrogen-bond donors (Lipinski definition) is 2. The van der Waals surface area contributed by atoms with Crippen molar-refractivity contribution in [1.29, 1.82) is 0 Å². The van der Waals surface area contributed by atoms with Crippen LogP contribution < -0.4 is 15.0 Å². The molecule has 0 unspecified atom stereocenters. The smallest absolute Gasteiger partial charge is 0.341 e. The van der Waals surface area contributed by atoms with Gasteiger partial charge >= 0.3 is 5.97 Å². The van der Waals surface area contributed by atoms with Crippen molar-refractivity contribution in [2.45, 2.75) is 0 Å². The van der Waals surface area contributed by atoms with Gasteiger partial charge in [-0.1, -0.05) is 34.1 Å². The number of anilines is 1. The quantitative estimate of drug-likeness (QED) is 0.404. The lowest BCUT2D eigenvalue weighted by Gasteiger charge is -2.29. The topological polar surface area (TPSA) is 95.9 Å². The summed E-state index contributed by atoms with van der Waals surface area (Å²) < 4.78 is 6.05. The Labute approximate surface area is 173 Å². The number of carboxylic acids is 1. The highest BCUT2D eigenvalue weighted by atomic mass is 79.9. The Bertz CT molecular complexity index is 1000. The standard InChI is InChI=1S/C19H13BrN2O5S/c20-12-5-7-13(8-6-12)22-18(26)14(17(25)21-19(22)28)9-11-3-1-2-4-15(11)27-10-16(23)24/h1-9H,10H2,(H,23,24)(H,21,25,28). The normalized spacial score (nSPS) is 15.5. The maximum atomic E-state index is 13.0. The van der Waals surface area contributed by atoms with Crippen LogP contribution in [0.1, 0.15) is 5.56 Å². The molecular formula is C19H13BrN2O5S. The SMILES string of the molecule is O=C(O)COc1ccccc1C=C1C(=O)NC(=S)N(c2ccc(Br)cc2)C1=O. The number of aliphatic carboxylic acids is 1. The first kappa shape index (κ1) is 19.7. The van der Waals surface area contributed by atoms with Gasteiger partial charge in [-0.15, -0.1) is 0 Å². The number of carbonyl (C=O) groups is 3. The van der Waals surface area contributed by atoms with Gasteiger partial charge in [-0.2, -0.15) is 0 Å². The van der Waals surface area contributed by atoms with Crippen LogP contribution in [0.2, 0.25) is 0 Å². The Morgan fingerprint density at radius 3 is 2.54 bits per heavy atom. The lowest BCUT2D eigenvalue weighted by molar-refractivity contribution is -0.139. The van der Waals surface area contributed by atoms with Gasteiger partial charge in [0.25, 0.3) is 11.8 Å². The molecule has 0 atom stereocenters. The van der Waals surface area contributed by atoms with E-state index < -0.39 is 24.4 Å². The molecule has 28 heavy (non-hydrogen) atoms. The molecule has 0 aliphatic carbocycles. The summed E-state index contributed by atoms with van der Waals surface area (Å²) in [6, 6.07) is 13.4. The van der Waals surface area contributed by atoms with Gasteiger partial charge in [-0.05, 0) is 48.6 Å². The van der Waals surface area contributed by atoms with Crippen LogP contribution in [-0.4, -0.2) is 34.6 Å². The van der Waals surface area contributed by atoms with Gasteiger partial charge in [0.2, 0.25) is 0 Å². The van der Waals surface area contributed by atoms with E-state index in [0.29, 0.717) is 11.3 Å². The van der Waals surface area contributed by atoms with Gasteiger partial charge in [0.05, 0.1) is 5.69 Å². The molecule has 2 aromatic rings. The van der Waals surface area contributed by atoms with Crippen molar-refractivity contribution in [1.82, 2.24) is 5.32 Å². The average molecular weight is 461 g/mol. The van der Waals surface area contributed by atoms with Crippen molar-refractivity contribution in [3.63, 3.8) is 0 Å². The van der Waals surface area contributed by atoms with E-state index in [1.54, 1.807) is 48.5 Å². The van der Waals surface area contributed by atoms with Crippen LogP contribution in [0.5, 0.6) is 5.75 Å². The largest absolute Gasteiger partial charge is 0.481 e. The number of carboxylic acid groups (broad SMARTS) is 1. The first-order valence-corrected chi connectivity index (χ1v) is 9.17. The van der Waals surface area contributed by atoms with Crippen LogP contribution in [-0.2, 0) is 14.4 Å². The van der Waals surface area contributed by atoms with Crippen molar-refractivity contribution < 1.29 is 24.2 Å². The van der Waals surface area contributed by atoms with E-state index in [9.17, 15) is 14.4 Å². The van der Waals surface area contributed by atoms with E-state index in [4.69, 9.17) is 22.1 Å². The molecule has 0 bridgehead atoms. The Morgan fingerprint density at radius 1 is 1.18 bits per heavy atom. The number of nitrogens with one attached hydrogen (secondary N) is 1. The second-order valence-corrected chi connectivity index (χ2v) is 6.96. The highest BCUT2D eigenvalue weighted by Crippen LogP contribution is 2.26. The summed E-state index contributed by atoms with van der Waals surface area (Å²) >= 11 is 8.48. The second-order valence-electron chi connectivity index (χ2n) is 5.65. The van der Waals surface area contributed by atoms with Crippen molar-refractivity contribution in [2.24, 2.45) is 0 Å². The zero-order chi connectivity index (χ0) is 20.3. The molecular weight excluding hydrogens is 448 g/mol. The average Bonchev–Trinajstić information content (AvgIpc) is 2.65. The molecule has 2 amide bonds. The van der Waals surface area contributed by atoms with Crippen LogP contribution in [0.3, 0.4) is 0 Å². The van der Waals surface area contributed by atoms with Gasteiger partial charge in [-0.25, -0.2) is 4.79 Å². The van der Waals surface area contributed by atoms with Crippen molar-refractivity contribution in [2.75, 3.05) is 11.5 Å². The minimum atomic E-state index is -1.14. The van der Waals surface area contributed by atoms with Gasteiger partial charge in [0.15, 0.2) is 11.7 Å². The monoisotopic (exact) mass is 460 g/mol. The number of ether oxygens (including phenoxy) is 1. The third-order valence-electron chi connectivity index (χ3n) is 3.76. The summed E-state index contributed by atoms with van der Waals surface area (Å²) in [6.07, 6.45) is 1.35. The molecule has 142 valence electrons. The molecule has 9 heteroatoms. The molecule has 2 N–H and O–H groups in total. The van der Waals surface area contributed by atoms with E-state index in [-0.39, 0.29) is 16.4 Å². The molecule has 1 aliphatic rings. The maximum absolute atomic E-state index is 13.0. The minimum Gasteiger partial charge on any atom is -0.481 e. The highest BCUT2D eigenvalue weighted by Gasteiger charge is 2.34. The van der Waals surface area contributed by atoms with Crippen LogP contribution in [0, 0.1) is 0 Å². The van der Waals surface area contributed by atoms with E-state index in [0.717, 1.165) is 4.47 Å². The van der Waals surface area contributed by atoms with Crippen molar-refractivity contribution in [3.05, 3.63) is 64.1 Å². The molecule has 7 nitrogen and oxygen atoms in total. The Kier molecular flexibility index (Phi) is 5.86. The molecule has 1 heterocycles. The Balaban J connectivity index is 1.98. The summed E-state index contributed by atoms with van der Waals surface area (Å²) in [5.41, 5.74) is 0.744. The molecule has 3 rings (SSSR count). The summed E-state index contributed by atoms with van der Waals surface area (Å²) in [6.45, 7) is -0.546. The van der Waals surface area contributed by atoms with E-state index in [2.05, 4.69) is 21.2 Å². The van der Waals surface area contributed by atoms with Gasteiger partial charge in [0, 0.05) is 10.0 Å². The highest BCUT2D eigenvalue weighted by molar-refractivity contribution is 9.10. The van der Waals surface area contributed by atoms with Gasteiger partial charge in [-0.3, -0.25) is 19.8 Å². The summed E-state index contributed by atoms with van der Waals surface area (Å²) in [7, 11) is 0. The molecule has 0 radical (unpaired) electrons. The lowest BCUT2D eigenvalue weighted by Crippen LogP contribution is -2.54. The predicted octanol–water partition coefficient (Wildman–Crippen LogP) is 2.74. The van der Waals surface area contributed by atoms with Crippen LogP contribution >= 0.6 is 28.1 Å². The number of carbonyl (C=O) groups excluding carboxylic acids is 2. The molecule has 1 fully saturated rings. The van der Waals surface area contributed by atoms with Crippen molar-refractivity contribution >= 4 is 62.8 Å². The molecule has 0 saturated carbocycles. The Hall–Kier alpha value is -3.04. The number of rotatable bonds is 5. The second kappa shape index (κ2) is 8.32. The third-order valence-corrected chi connectivity index (χ3v) is 4.57. The fourth-order valence-corrected chi connectivity index (χ4v) is 3.05. The zero-order valence-corrected chi connectivity index (χ0v) is 16.6. The molecule has 0 aromatic heterocycles. The minimum absolute atomic E-state index is 0.0233. The number of halogens is 1. The van der Waals surface area contributed by atoms with Crippen molar-refractivity contribution in [3.8, 4) is 5.75 Å². The zero-order valence-electron chi connectivity index (χ0n) is 14.2. The fourth-order valence-electron chi connectivity index (χ4n) is 2.51. The lowest BCUT2D eigenvalue weighted by atomic mass is 10.1. The van der Waals surface area contributed by atoms with E-state index >= 15 is 0 Å². The van der Waals surface area contributed by atoms with Gasteiger partial charge < -0.3 is 9.84 Å². The number of amides is 2. The van der Waals surface area contributed by atoms with E-state index in [1.165, 1.54) is 11.0 Å². The Morgan fingerprint density at radius 2 is 1.86 bits per heavy atom. The summed E-state index contributed by atoms with van der Waals surface area (Å²) in [5.74, 6) is -2.14. The maximum Gasteiger partial charge on any atom is 0.341 e. The van der Waals surface area contributed by atoms with Crippen LogP contribution in [0.25, 0.3) is 6.08 Å². The first-order valence-electron chi connectivity index (χ1n) is 7.97. The molecule has 2 aromatic carbocycles. The number of para-hydroxylation sites is 1. The van der Waals surface area contributed by atoms with Crippen LogP contribution in [0.4, 0.5) is 5.69 Å². The molecule has 1 aliphatic heterocycles. The summed E-state index contributed by atoms with van der Waals surface area (Å²) in [5, 5.41) is 11.3. The molecule has 0 spiro atoms. The third kappa shape index (κ3) is 4.26. The molecule has 1 saturated heterocycles. The fraction of sp³-hybridized carbons (Fsp3) is 0.0526. The first-order chi connectivity index (χ1) is 13.4. The van der Waals surface area contributed by atoms with Crippen LogP contribution in [0.15, 0.2) is 58.6 Å². The van der Waals surface area contributed by atoms with Gasteiger partial charge in [0.1, 0.15) is 11.3 Å². The summed E-state index contributed by atoms with van der Waals surface area (Å²) in [4.78, 5) is 37.3. The number of thiocarbonyl (C=S) groups is 1.